The molecule has 0 aromatic heterocycles. The fourth-order valence-corrected chi connectivity index (χ4v) is 2.40. The van der Waals surface area contributed by atoms with E-state index in [2.05, 4.69) is 26.3 Å². The Balaban J connectivity index is 2.92. The summed E-state index contributed by atoms with van der Waals surface area (Å²) in [4.78, 5) is 0. The Hall–Kier alpha value is -1.28. The number of aliphatic hydroxyl groups excluding tert-OH is 1. The zero-order valence-electron chi connectivity index (χ0n) is 14.0. The van der Waals surface area contributed by atoms with E-state index in [0.717, 1.165) is 0 Å². The van der Waals surface area contributed by atoms with Crippen molar-refractivity contribution in [1.29, 1.82) is 0 Å². The van der Waals surface area contributed by atoms with Gasteiger partial charge in [-0.2, -0.15) is 0 Å². The maximum atomic E-state index is 10.3. The molecule has 0 aliphatic carbocycles. The number of hydrogen-bond donors (Lipinski definition) is 1. The molecule has 1 aliphatic rings. The van der Waals surface area contributed by atoms with Gasteiger partial charge in [0.25, 0.3) is 0 Å². The first-order valence-electron chi connectivity index (χ1n) is 7.89. The molecule has 24 heavy (non-hydrogen) atoms. The highest BCUT2D eigenvalue weighted by atomic mass is 16.7. The zero-order valence-corrected chi connectivity index (χ0v) is 14.0. The Labute approximate surface area is 144 Å². The van der Waals surface area contributed by atoms with E-state index in [1.165, 1.54) is 0 Å². The molecule has 1 heterocycles. The molecule has 0 radical (unpaired) electrons. The smallest absolute Gasteiger partial charge is 0.184 e. The van der Waals surface area contributed by atoms with Crippen molar-refractivity contribution < 1.29 is 28.8 Å². The van der Waals surface area contributed by atoms with Crippen molar-refractivity contribution in [2.75, 3.05) is 33.0 Å². The van der Waals surface area contributed by atoms with Crippen LogP contribution >= 0.6 is 0 Å². The molecule has 6 nitrogen and oxygen atoms in total. The van der Waals surface area contributed by atoms with Crippen molar-refractivity contribution in [3.05, 3.63) is 50.6 Å². The molecule has 5 atom stereocenters. The first-order chi connectivity index (χ1) is 11.7. The standard InChI is InChI=1S/C18H28O6/c1-5-9-20-13-14-15(21-10-6-2)16(22-11-7-3)17(18(19)24-14)23-12-8-4/h5-8,14-19H,1-4,9-13H2/t14-,15-,16+,17+,18+/m1/s1. The summed E-state index contributed by atoms with van der Waals surface area (Å²) in [6.45, 7) is 16.0. The van der Waals surface area contributed by atoms with Gasteiger partial charge >= 0.3 is 0 Å². The molecular weight excluding hydrogens is 312 g/mol. The van der Waals surface area contributed by atoms with Crippen LogP contribution in [0.5, 0.6) is 0 Å². The van der Waals surface area contributed by atoms with E-state index < -0.39 is 30.7 Å². The van der Waals surface area contributed by atoms with Crippen LogP contribution in [0, 0.1) is 0 Å². The molecule has 0 spiro atoms. The molecule has 1 saturated heterocycles. The monoisotopic (exact) mass is 340 g/mol. The molecular formula is C18H28O6. The van der Waals surface area contributed by atoms with Gasteiger partial charge in [-0.25, -0.2) is 0 Å². The fourth-order valence-electron chi connectivity index (χ4n) is 2.40. The van der Waals surface area contributed by atoms with Crippen LogP contribution in [0.4, 0.5) is 0 Å². The third kappa shape index (κ3) is 6.32. The maximum absolute atomic E-state index is 10.3. The molecule has 1 rings (SSSR count). The molecule has 0 bridgehead atoms. The lowest BCUT2D eigenvalue weighted by molar-refractivity contribution is -0.307. The van der Waals surface area contributed by atoms with E-state index in [1.54, 1.807) is 24.3 Å². The van der Waals surface area contributed by atoms with E-state index >= 15 is 0 Å². The van der Waals surface area contributed by atoms with Gasteiger partial charge in [0.2, 0.25) is 0 Å². The molecule has 136 valence electrons. The summed E-state index contributed by atoms with van der Waals surface area (Å²) < 4.78 is 28.3. The van der Waals surface area contributed by atoms with E-state index in [9.17, 15) is 5.11 Å². The lowest BCUT2D eigenvalue weighted by atomic mass is 9.98. The van der Waals surface area contributed by atoms with Crippen LogP contribution in [0.3, 0.4) is 0 Å². The fraction of sp³-hybridized carbons (Fsp3) is 0.556. The largest absolute Gasteiger partial charge is 0.375 e. The second-order valence-electron chi connectivity index (χ2n) is 5.15. The van der Waals surface area contributed by atoms with Crippen molar-refractivity contribution in [2.24, 2.45) is 0 Å². The van der Waals surface area contributed by atoms with Crippen LogP contribution in [-0.4, -0.2) is 68.8 Å². The first-order valence-corrected chi connectivity index (χ1v) is 7.89. The van der Waals surface area contributed by atoms with Crippen LogP contribution in [0.2, 0.25) is 0 Å². The van der Waals surface area contributed by atoms with Gasteiger partial charge in [-0.15, -0.1) is 26.3 Å². The molecule has 0 aromatic rings. The van der Waals surface area contributed by atoms with E-state index in [0.29, 0.717) is 19.8 Å². The van der Waals surface area contributed by atoms with Crippen LogP contribution < -0.4 is 0 Å². The summed E-state index contributed by atoms with van der Waals surface area (Å²) in [5.41, 5.74) is 0. The minimum atomic E-state index is -1.17. The van der Waals surface area contributed by atoms with Crippen LogP contribution in [0.1, 0.15) is 0 Å². The van der Waals surface area contributed by atoms with Gasteiger partial charge in [-0.05, 0) is 0 Å². The minimum Gasteiger partial charge on any atom is -0.375 e. The Morgan fingerprint density at radius 3 is 1.79 bits per heavy atom. The zero-order chi connectivity index (χ0) is 17.8. The SMILES string of the molecule is C=CCOC[C@H]1O[C@H](O)[C@@H](OCC=C)[C@@H](OCC=C)[C@@H]1OCC=C. The second-order valence-corrected chi connectivity index (χ2v) is 5.15. The second kappa shape index (κ2) is 12.1. The summed E-state index contributed by atoms with van der Waals surface area (Å²) >= 11 is 0. The Morgan fingerprint density at radius 2 is 1.25 bits per heavy atom. The van der Waals surface area contributed by atoms with Crippen LogP contribution in [0.25, 0.3) is 0 Å². The predicted octanol–water partition coefficient (Wildman–Crippen LogP) is 1.62. The summed E-state index contributed by atoms with van der Waals surface area (Å²) in [6, 6.07) is 0. The van der Waals surface area contributed by atoms with Gasteiger partial charge in [0.15, 0.2) is 6.29 Å². The molecule has 0 aromatic carbocycles. The number of aliphatic hydroxyl groups is 1. The van der Waals surface area contributed by atoms with Crippen molar-refractivity contribution in [3.8, 4) is 0 Å². The van der Waals surface area contributed by atoms with Crippen molar-refractivity contribution in [1.82, 2.24) is 0 Å². The highest BCUT2D eigenvalue weighted by molar-refractivity contribution is 4.94. The van der Waals surface area contributed by atoms with E-state index in [1.807, 2.05) is 0 Å². The van der Waals surface area contributed by atoms with Crippen molar-refractivity contribution in [3.63, 3.8) is 0 Å². The summed E-state index contributed by atoms with van der Waals surface area (Å²) in [5.74, 6) is 0. The van der Waals surface area contributed by atoms with E-state index in [4.69, 9.17) is 23.7 Å². The molecule has 1 aliphatic heterocycles. The molecule has 6 heteroatoms. The molecule has 1 N–H and O–H groups in total. The summed E-state index contributed by atoms with van der Waals surface area (Å²) in [5, 5.41) is 10.3. The molecule has 0 unspecified atom stereocenters. The van der Waals surface area contributed by atoms with Gasteiger partial charge in [0, 0.05) is 0 Å². The van der Waals surface area contributed by atoms with Crippen LogP contribution in [-0.2, 0) is 23.7 Å². The Morgan fingerprint density at radius 1 is 0.750 bits per heavy atom. The van der Waals surface area contributed by atoms with Gasteiger partial charge < -0.3 is 28.8 Å². The van der Waals surface area contributed by atoms with Crippen molar-refractivity contribution in [2.45, 2.75) is 30.7 Å². The maximum Gasteiger partial charge on any atom is 0.184 e. The molecule has 1 fully saturated rings. The van der Waals surface area contributed by atoms with E-state index in [-0.39, 0.29) is 13.2 Å². The normalized spacial score (nSPS) is 29.8. The third-order valence-electron chi connectivity index (χ3n) is 3.35. The average Bonchev–Trinajstić information content (AvgIpc) is 2.58. The first kappa shape index (κ1) is 20.8. The summed E-state index contributed by atoms with van der Waals surface area (Å²) in [7, 11) is 0. The number of ether oxygens (including phenoxy) is 5. The van der Waals surface area contributed by atoms with Gasteiger partial charge in [-0.3, -0.25) is 0 Å². The van der Waals surface area contributed by atoms with Gasteiger partial charge in [0.1, 0.15) is 24.4 Å². The van der Waals surface area contributed by atoms with Gasteiger partial charge in [0.05, 0.1) is 33.0 Å². The van der Waals surface area contributed by atoms with Crippen LogP contribution in [0.15, 0.2) is 50.6 Å². The summed E-state index contributed by atoms with van der Waals surface area (Å²) in [6.07, 6.45) is 3.05. The third-order valence-corrected chi connectivity index (χ3v) is 3.35. The lowest BCUT2D eigenvalue weighted by Crippen LogP contribution is -2.61. The Kier molecular flexibility index (Phi) is 10.5. The highest BCUT2D eigenvalue weighted by Crippen LogP contribution is 2.27. The minimum absolute atomic E-state index is 0.229. The Bertz CT molecular complexity index is 397. The quantitative estimate of drug-likeness (QED) is 0.406. The predicted molar refractivity (Wildman–Crippen MR) is 91.7 cm³/mol. The topological polar surface area (TPSA) is 66.4 Å². The lowest BCUT2D eigenvalue weighted by Gasteiger charge is -2.44. The number of rotatable bonds is 13. The number of hydrogen-bond acceptors (Lipinski definition) is 6. The molecule has 0 amide bonds. The van der Waals surface area contributed by atoms with Crippen molar-refractivity contribution >= 4 is 0 Å². The van der Waals surface area contributed by atoms with Gasteiger partial charge in [-0.1, -0.05) is 24.3 Å². The molecule has 0 saturated carbocycles. The average molecular weight is 340 g/mol. The highest BCUT2D eigenvalue weighted by Gasteiger charge is 2.47.